The molecule has 0 aliphatic carbocycles. The van der Waals surface area contributed by atoms with Crippen LogP contribution in [0.25, 0.3) is 0 Å². The number of hydrogen-bond donors (Lipinski definition) is 1. The maximum Gasteiger partial charge on any atom is 0.459 e. The van der Waals surface area contributed by atoms with Gasteiger partial charge in [-0.3, -0.25) is 19.9 Å². The van der Waals surface area contributed by atoms with Crippen molar-refractivity contribution in [3.05, 3.63) is 55.8 Å². The maximum atomic E-state index is 13.3. The molecule has 0 saturated carbocycles. The van der Waals surface area contributed by atoms with Crippen LogP contribution in [0.4, 0.5) is 27.6 Å². The SMILES string of the molecule is Cc1cc(Cn2[nH]c(C(F)(F)C(F)(F)F)cc2=S)ccc1[N+](=O)[O-]. The zero-order chi connectivity index (χ0) is 18.3. The van der Waals surface area contributed by atoms with E-state index in [1.807, 2.05) is 5.10 Å². The van der Waals surface area contributed by atoms with E-state index in [4.69, 9.17) is 12.2 Å². The summed E-state index contributed by atoms with van der Waals surface area (Å²) >= 11 is 4.79. The molecule has 11 heteroatoms. The zero-order valence-corrected chi connectivity index (χ0v) is 12.8. The van der Waals surface area contributed by atoms with Crippen LogP contribution >= 0.6 is 12.2 Å². The summed E-state index contributed by atoms with van der Waals surface area (Å²) in [4.78, 5) is 10.2. The zero-order valence-electron chi connectivity index (χ0n) is 12.0. The van der Waals surface area contributed by atoms with Crippen molar-refractivity contribution in [2.75, 3.05) is 0 Å². The van der Waals surface area contributed by atoms with Crippen LogP contribution in [-0.2, 0) is 12.5 Å². The molecule has 1 aromatic carbocycles. The van der Waals surface area contributed by atoms with Crippen LogP contribution in [-0.4, -0.2) is 20.9 Å². The molecule has 130 valence electrons. The molecule has 1 heterocycles. The second-order valence-electron chi connectivity index (χ2n) is 5.04. The van der Waals surface area contributed by atoms with Gasteiger partial charge in [0, 0.05) is 17.7 Å². The highest BCUT2D eigenvalue weighted by atomic mass is 32.1. The number of rotatable bonds is 4. The van der Waals surface area contributed by atoms with Gasteiger partial charge in [0.15, 0.2) is 0 Å². The van der Waals surface area contributed by atoms with Crippen LogP contribution in [0.1, 0.15) is 16.8 Å². The van der Waals surface area contributed by atoms with E-state index >= 15 is 0 Å². The molecule has 0 amide bonds. The third-order valence-electron chi connectivity index (χ3n) is 3.28. The Kier molecular flexibility index (Phi) is 4.48. The number of benzene rings is 1. The number of halogens is 5. The summed E-state index contributed by atoms with van der Waals surface area (Å²) in [5.74, 6) is -5.06. The average molecular weight is 367 g/mol. The van der Waals surface area contributed by atoms with Gasteiger partial charge in [0.1, 0.15) is 10.3 Å². The van der Waals surface area contributed by atoms with Gasteiger partial charge in [0.05, 0.1) is 11.5 Å². The topological polar surface area (TPSA) is 63.9 Å². The van der Waals surface area contributed by atoms with Crippen molar-refractivity contribution in [3.63, 3.8) is 0 Å². The van der Waals surface area contributed by atoms with Gasteiger partial charge in [0.2, 0.25) is 0 Å². The van der Waals surface area contributed by atoms with Gasteiger partial charge in [0.25, 0.3) is 5.69 Å². The molecular formula is C13H10F5N3O2S. The molecule has 2 aromatic rings. The van der Waals surface area contributed by atoms with E-state index in [2.05, 4.69) is 0 Å². The van der Waals surface area contributed by atoms with Crippen LogP contribution in [0, 0.1) is 21.7 Å². The molecule has 0 fully saturated rings. The summed E-state index contributed by atoms with van der Waals surface area (Å²) in [6.07, 6.45) is -5.75. The molecule has 2 rings (SSSR count). The van der Waals surface area contributed by atoms with Crippen molar-refractivity contribution >= 4 is 17.9 Å². The summed E-state index contributed by atoms with van der Waals surface area (Å²) in [5, 5.41) is 12.7. The molecule has 0 atom stereocenters. The summed E-state index contributed by atoms with van der Waals surface area (Å²) in [6.45, 7) is 1.35. The number of aromatic nitrogens is 2. The molecule has 0 saturated heterocycles. The lowest BCUT2D eigenvalue weighted by Crippen LogP contribution is -2.34. The number of aryl methyl sites for hydroxylation is 1. The van der Waals surface area contributed by atoms with Gasteiger partial charge in [-0.25, -0.2) is 0 Å². The van der Waals surface area contributed by atoms with E-state index in [0.29, 0.717) is 17.2 Å². The van der Waals surface area contributed by atoms with E-state index in [-0.39, 0.29) is 16.9 Å². The van der Waals surface area contributed by atoms with Gasteiger partial charge >= 0.3 is 12.1 Å². The van der Waals surface area contributed by atoms with E-state index in [1.54, 1.807) is 0 Å². The maximum absolute atomic E-state index is 13.3. The summed E-state index contributed by atoms with van der Waals surface area (Å²) in [5.41, 5.74) is -0.703. The third-order valence-corrected chi connectivity index (χ3v) is 3.62. The Morgan fingerprint density at radius 3 is 2.38 bits per heavy atom. The highest BCUT2D eigenvalue weighted by Crippen LogP contribution is 2.43. The predicted molar refractivity (Wildman–Crippen MR) is 76.5 cm³/mol. The van der Waals surface area contributed by atoms with Crippen LogP contribution in [0.3, 0.4) is 0 Å². The quantitative estimate of drug-likeness (QED) is 0.375. The standard InChI is InChI=1S/C13H10F5N3O2S/c1-7-4-8(2-3-9(7)21(22)23)6-20-11(24)5-10(19-20)12(14,15)13(16,17)18/h2-5,19H,6H2,1H3. The number of nitro benzene ring substituents is 1. The Labute approximate surface area is 136 Å². The fourth-order valence-corrected chi connectivity index (χ4v) is 2.30. The summed E-state index contributed by atoms with van der Waals surface area (Å²) in [6, 6.07) is 4.57. The highest BCUT2D eigenvalue weighted by Gasteiger charge is 2.60. The first-order chi connectivity index (χ1) is 10.9. The second-order valence-corrected chi connectivity index (χ2v) is 5.46. The van der Waals surface area contributed by atoms with Gasteiger partial charge in [-0.2, -0.15) is 22.0 Å². The third kappa shape index (κ3) is 3.30. The molecule has 5 nitrogen and oxygen atoms in total. The van der Waals surface area contributed by atoms with Crippen molar-refractivity contribution in [1.29, 1.82) is 0 Å². The van der Waals surface area contributed by atoms with Crippen molar-refractivity contribution < 1.29 is 26.9 Å². The first-order valence-electron chi connectivity index (χ1n) is 6.42. The van der Waals surface area contributed by atoms with Crippen molar-refractivity contribution in [2.45, 2.75) is 25.6 Å². The minimum atomic E-state index is -5.75. The van der Waals surface area contributed by atoms with Crippen LogP contribution in [0.5, 0.6) is 0 Å². The summed E-state index contributed by atoms with van der Waals surface area (Å²) in [7, 11) is 0. The van der Waals surface area contributed by atoms with E-state index < -0.39 is 22.7 Å². The monoisotopic (exact) mass is 367 g/mol. The van der Waals surface area contributed by atoms with Crippen LogP contribution < -0.4 is 0 Å². The van der Waals surface area contributed by atoms with E-state index in [0.717, 1.165) is 4.68 Å². The molecule has 0 radical (unpaired) electrons. The van der Waals surface area contributed by atoms with Crippen LogP contribution in [0.2, 0.25) is 0 Å². The molecule has 1 N–H and O–H groups in total. The molecule has 1 aromatic heterocycles. The fraction of sp³-hybridized carbons (Fsp3) is 0.308. The minimum absolute atomic E-state index is 0.127. The number of aromatic amines is 1. The van der Waals surface area contributed by atoms with Crippen LogP contribution in [0.15, 0.2) is 24.3 Å². The minimum Gasteiger partial charge on any atom is -0.295 e. The number of H-pyrrole nitrogens is 1. The first kappa shape index (κ1) is 18.0. The number of alkyl halides is 5. The fourth-order valence-electron chi connectivity index (χ4n) is 2.07. The molecule has 24 heavy (non-hydrogen) atoms. The lowest BCUT2D eigenvalue weighted by Gasteiger charge is -2.17. The smallest absolute Gasteiger partial charge is 0.295 e. The average Bonchev–Trinajstić information content (AvgIpc) is 2.79. The number of nitro groups is 1. The van der Waals surface area contributed by atoms with Gasteiger partial charge in [-0.05, 0) is 18.6 Å². The highest BCUT2D eigenvalue weighted by molar-refractivity contribution is 7.71. The van der Waals surface area contributed by atoms with Gasteiger partial charge in [-0.15, -0.1) is 0 Å². The first-order valence-corrected chi connectivity index (χ1v) is 6.83. The summed E-state index contributed by atoms with van der Waals surface area (Å²) < 4.78 is 64.5. The van der Waals surface area contributed by atoms with Gasteiger partial charge in [-0.1, -0.05) is 18.3 Å². The number of nitrogens with zero attached hydrogens (tertiary/aromatic N) is 2. The Morgan fingerprint density at radius 2 is 1.88 bits per heavy atom. The van der Waals surface area contributed by atoms with E-state index in [1.165, 1.54) is 25.1 Å². The molecule has 0 spiro atoms. The Morgan fingerprint density at radius 1 is 1.25 bits per heavy atom. The Balaban J connectivity index is 2.34. The molecule has 0 bridgehead atoms. The number of hydrogen-bond acceptors (Lipinski definition) is 3. The van der Waals surface area contributed by atoms with Crippen molar-refractivity contribution in [3.8, 4) is 0 Å². The Bertz CT molecular complexity index is 841. The lowest BCUT2D eigenvalue weighted by molar-refractivity contribution is -0.385. The van der Waals surface area contributed by atoms with Crippen molar-refractivity contribution in [2.24, 2.45) is 0 Å². The lowest BCUT2D eigenvalue weighted by atomic mass is 10.1. The van der Waals surface area contributed by atoms with E-state index in [9.17, 15) is 32.1 Å². The predicted octanol–water partition coefficient (Wildman–Crippen LogP) is 4.46. The number of nitrogens with one attached hydrogen (secondary N) is 1. The largest absolute Gasteiger partial charge is 0.459 e. The van der Waals surface area contributed by atoms with Crippen molar-refractivity contribution in [1.82, 2.24) is 9.78 Å². The molecular weight excluding hydrogens is 357 g/mol. The Hall–Kier alpha value is -2.30. The normalized spacial score (nSPS) is 12.4. The second kappa shape index (κ2) is 5.96. The van der Waals surface area contributed by atoms with Gasteiger partial charge < -0.3 is 0 Å². The molecule has 0 unspecified atom stereocenters. The molecule has 0 aliphatic rings. The molecule has 0 aliphatic heterocycles.